The van der Waals surface area contributed by atoms with Crippen molar-refractivity contribution in [3.63, 3.8) is 0 Å². The number of methoxy groups -OCH3 is 1. The van der Waals surface area contributed by atoms with Gasteiger partial charge in [0.15, 0.2) is 0 Å². The molecule has 7 nitrogen and oxygen atoms in total. The van der Waals surface area contributed by atoms with E-state index in [0.29, 0.717) is 0 Å². The van der Waals surface area contributed by atoms with Gasteiger partial charge in [-0.15, -0.1) is 0 Å². The predicted molar refractivity (Wildman–Crippen MR) is 93.8 cm³/mol. The van der Waals surface area contributed by atoms with Gasteiger partial charge in [0, 0.05) is 6.07 Å². The fraction of sp³-hybridized carbons (Fsp3) is 0.143. The highest BCUT2D eigenvalue weighted by Gasteiger charge is 2.28. The maximum atomic E-state index is 12.6. The Kier molecular flexibility index (Phi) is 5.94. The fourth-order valence-electron chi connectivity index (χ4n) is 1.89. The second-order valence-electron chi connectivity index (χ2n) is 4.86. The standard InChI is InChI=1S/C14H13ClF2N2O5S2/c1-24-9-6-7-13(12(8-9)19-26(22,23)14(16)17)25(20,21)18-11-5-3-2-4-10(11)15/h2-8,14,18-19H,1H3. The summed E-state index contributed by atoms with van der Waals surface area (Å²) < 4.78 is 82.0. The zero-order chi connectivity index (χ0) is 19.5. The van der Waals surface area contributed by atoms with E-state index in [2.05, 4.69) is 4.72 Å². The van der Waals surface area contributed by atoms with Gasteiger partial charge in [-0.3, -0.25) is 9.44 Å². The van der Waals surface area contributed by atoms with Crippen molar-refractivity contribution in [1.29, 1.82) is 0 Å². The lowest BCUT2D eigenvalue weighted by atomic mass is 10.3. The van der Waals surface area contributed by atoms with Gasteiger partial charge in [-0.05, 0) is 24.3 Å². The van der Waals surface area contributed by atoms with Crippen LogP contribution in [0.5, 0.6) is 5.75 Å². The minimum Gasteiger partial charge on any atom is -0.497 e. The number of benzene rings is 2. The molecule has 0 amide bonds. The van der Waals surface area contributed by atoms with E-state index >= 15 is 0 Å². The van der Waals surface area contributed by atoms with Gasteiger partial charge in [-0.25, -0.2) is 16.8 Å². The van der Waals surface area contributed by atoms with Crippen LogP contribution in [-0.2, 0) is 20.0 Å². The van der Waals surface area contributed by atoms with Crippen LogP contribution in [0.3, 0.4) is 0 Å². The van der Waals surface area contributed by atoms with E-state index < -0.39 is 36.4 Å². The summed E-state index contributed by atoms with van der Waals surface area (Å²) in [4.78, 5) is -0.581. The summed E-state index contributed by atoms with van der Waals surface area (Å²) in [7, 11) is -8.20. The molecule has 0 aliphatic rings. The zero-order valence-corrected chi connectivity index (χ0v) is 15.5. The Balaban J connectivity index is 2.52. The second kappa shape index (κ2) is 7.64. The summed E-state index contributed by atoms with van der Waals surface area (Å²) in [6, 6.07) is 9.15. The number of anilines is 2. The largest absolute Gasteiger partial charge is 0.497 e. The highest BCUT2D eigenvalue weighted by atomic mass is 35.5. The van der Waals surface area contributed by atoms with Crippen molar-refractivity contribution in [2.75, 3.05) is 16.6 Å². The van der Waals surface area contributed by atoms with Crippen molar-refractivity contribution in [3.8, 4) is 5.75 Å². The third-order valence-corrected chi connectivity index (χ3v) is 5.81. The first-order valence-corrected chi connectivity index (χ1v) is 10.2. The highest BCUT2D eigenvalue weighted by molar-refractivity contribution is 7.94. The van der Waals surface area contributed by atoms with Crippen molar-refractivity contribution in [3.05, 3.63) is 47.5 Å². The molecule has 2 aromatic rings. The monoisotopic (exact) mass is 426 g/mol. The first-order chi connectivity index (χ1) is 12.1. The van der Waals surface area contributed by atoms with Crippen LogP contribution in [-0.4, -0.2) is 29.7 Å². The lowest BCUT2D eigenvalue weighted by Crippen LogP contribution is -2.23. The Morgan fingerprint density at radius 1 is 1.00 bits per heavy atom. The number of sulfonamides is 2. The van der Waals surface area contributed by atoms with E-state index in [1.165, 1.54) is 31.4 Å². The summed E-state index contributed by atoms with van der Waals surface area (Å²) in [5.74, 6) is -3.69. The molecule has 0 fully saturated rings. The maximum absolute atomic E-state index is 12.6. The molecule has 0 radical (unpaired) electrons. The van der Waals surface area contributed by atoms with E-state index in [-0.39, 0.29) is 16.5 Å². The van der Waals surface area contributed by atoms with Crippen molar-refractivity contribution in [2.45, 2.75) is 10.7 Å². The molecule has 0 unspecified atom stereocenters. The molecular weight excluding hydrogens is 414 g/mol. The minimum absolute atomic E-state index is 0.0349. The van der Waals surface area contributed by atoms with Gasteiger partial charge in [0.05, 0.1) is 23.5 Å². The Labute approximate surface area is 154 Å². The van der Waals surface area contributed by atoms with Crippen LogP contribution in [0.1, 0.15) is 0 Å². The van der Waals surface area contributed by atoms with Crippen molar-refractivity contribution in [1.82, 2.24) is 0 Å². The number of para-hydroxylation sites is 1. The quantitative estimate of drug-likeness (QED) is 0.708. The number of alkyl halides is 2. The van der Waals surface area contributed by atoms with Crippen LogP contribution in [0, 0.1) is 0 Å². The maximum Gasteiger partial charge on any atom is 0.355 e. The molecule has 142 valence electrons. The van der Waals surface area contributed by atoms with Gasteiger partial charge in [0.25, 0.3) is 20.0 Å². The molecule has 26 heavy (non-hydrogen) atoms. The highest BCUT2D eigenvalue weighted by Crippen LogP contribution is 2.31. The number of hydrogen-bond acceptors (Lipinski definition) is 5. The van der Waals surface area contributed by atoms with Crippen molar-refractivity contribution < 1.29 is 30.4 Å². The Hall–Kier alpha value is -2.11. The van der Waals surface area contributed by atoms with Gasteiger partial charge in [0.2, 0.25) is 0 Å². The molecule has 0 bridgehead atoms. The predicted octanol–water partition coefficient (Wildman–Crippen LogP) is 3.11. The van der Waals surface area contributed by atoms with E-state index in [4.69, 9.17) is 16.3 Å². The number of halogens is 3. The molecule has 2 N–H and O–H groups in total. The molecule has 0 aliphatic carbocycles. The van der Waals surface area contributed by atoms with E-state index in [9.17, 15) is 25.6 Å². The van der Waals surface area contributed by atoms with Gasteiger partial charge < -0.3 is 4.74 Å². The van der Waals surface area contributed by atoms with Crippen molar-refractivity contribution in [2.24, 2.45) is 0 Å². The van der Waals surface area contributed by atoms with Gasteiger partial charge in [-0.2, -0.15) is 8.78 Å². The third kappa shape index (κ3) is 4.54. The molecule has 0 heterocycles. The van der Waals surface area contributed by atoms with E-state index in [1.54, 1.807) is 10.8 Å². The number of hydrogen-bond donors (Lipinski definition) is 2. The van der Waals surface area contributed by atoms with Gasteiger partial charge >= 0.3 is 5.76 Å². The summed E-state index contributed by atoms with van der Waals surface area (Å²) in [6.45, 7) is 0. The molecule has 0 aliphatic heterocycles. The number of rotatable bonds is 7. The van der Waals surface area contributed by atoms with Gasteiger partial charge in [-0.1, -0.05) is 23.7 Å². The first-order valence-electron chi connectivity index (χ1n) is 6.82. The molecule has 2 rings (SSSR count). The van der Waals surface area contributed by atoms with Crippen molar-refractivity contribution >= 4 is 43.0 Å². The SMILES string of the molecule is COc1ccc(S(=O)(=O)Nc2ccccc2Cl)c(NS(=O)(=O)C(F)F)c1. The molecule has 2 aromatic carbocycles. The van der Waals surface area contributed by atoms with Crippen LogP contribution in [0.4, 0.5) is 20.2 Å². The molecule has 0 atom stereocenters. The Morgan fingerprint density at radius 2 is 1.65 bits per heavy atom. The molecule has 0 spiro atoms. The average molecular weight is 427 g/mol. The van der Waals surface area contributed by atoms with Gasteiger partial charge in [0.1, 0.15) is 10.6 Å². The smallest absolute Gasteiger partial charge is 0.355 e. The third-order valence-electron chi connectivity index (χ3n) is 3.08. The summed E-state index contributed by atoms with van der Waals surface area (Å²) in [6.07, 6.45) is 0. The Morgan fingerprint density at radius 3 is 2.23 bits per heavy atom. The van der Waals surface area contributed by atoms with Crippen LogP contribution >= 0.6 is 11.6 Å². The van der Waals surface area contributed by atoms with E-state index in [1.807, 2.05) is 0 Å². The summed E-state index contributed by atoms with van der Waals surface area (Å²) in [5.41, 5.74) is -0.558. The second-order valence-corrected chi connectivity index (χ2v) is 8.56. The van der Waals surface area contributed by atoms with Crippen LogP contribution in [0.25, 0.3) is 0 Å². The molecule has 12 heteroatoms. The number of ether oxygens (including phenoxy) is 1. The molecular formula is C14H13ClF2N2O5S2. The van der Waals surface area contributed by atoms with Crippen LogP contribution in [0.15, 0.2) is 47.4 Å². The topological polar surface area (TPSA) is 102 Å². The molecule has 0 aromatic heterocycles. The minimum atomic E-state index is -5.10. The Bertz CT molecular complexity index is 1010. The zero-order valence-electron chi connectivity index (χ0n) is 13.1. The fourth-order valence-corrected chi connectivity index (χ4v) is 3.98. The summed E-state index contributed by atoms with van der Waals surface area (Å²) >= 11 is 5.90. The first kappa shape index (κ1) is 20.2. The van der Waals surface area contributed by atoms with E-state index in [0.717, 1.165) is 12.1 Å². The lowest BCUT2D eigenvalue weighted by molar-refractivity contribution is 0.236. The van der Waals surface area contributed by atoms with Crippen LogP contribution < -0.4 is 14.2 Å². The molecule has 0 saturated heterocycles. The van der Waals surface area contributed by atoms with Crippen LogP contribution in [0.2, 0.25) is 5.02 Å². The number of nitrogens with one attached hydrogen (secondary N) is 2. The summed E-state index contributed by atoms with van der Waals surface area (Å²) in [5, 5.41) is 0.0966. The molecule has 0 saturated carbocycles. The normalized spacial score (nSPS) is 12.0. The lowest BCUT2D eigenvalue weighted by Gasteiger charge is -2.15. The average Bonchev–Trinajstić information content (AvgIpc) is 2.56.